The van der Waals surface area contributed by atoms with E-state index in [4.69, 9.17) is 4.74 Å². The lowest BCUT2D eigenvalue weighted by molar-refractivity contribution is -0.142. The quantitative estimate of drug-likeness (QED) is 0.744. The van der Waals surface area contributed by atoms with Crippen LogP contribution in [0.4, 0.5) is 5.13 Å². The van der Waals surface area contributed by atoms with E-state index < -0.39 is 0 Å². The molecule has 1 aromatic rings. The van der Waals surface area contributed by atoms with E-state index >= 15 is 0 Å². The van der Waals surface area contributed by atoms with Gasteiger partial charge in [0.2, 0.25) is 0 Å². The minimum atomic E-state index is -0.204. The van der Waals surface area contributed by atoms with Crippen LogP contribution in [0.3, 0.4) is 0 Å². The van der Waals surface area contributed by atoms with Crippen molar-refractivity contribution in [3.63, 3.8) is 0 Å². The molecule has 19 heavy (non-hydrogen) atoms. The molecule has 0 aliphatic heterocycles. The molecule has 5 heteroatoms. The summed E-state index contributed by atoms with van der Waals surface area (Å²) in [5.41, 5.74) is 0.798. The summed E-state index contributed by atoms with van der Waals surface area (Å²) >= 11 is 1.57. The number of hydrogen-bond acceptors (Lipinski definition) is 5. The van der Waals surface area contributed by atoms with Crippen LogP contribution in [-0.4, -0.2) is 23.6 Å². The maximum absolute atomic E-state index is 11.4. The minimum absolute atomic E-state index is 0.204. The Kier molecular flexibility index (Phi) is 5.19. The summed E-state index contributed by atoms with van der Waals surface area (Å²) in [7, 11) is 0. The largest absolute Gasteiger partial charge is 0.466 e. The first-order chi connectivity index (χ1) is 9.21. The second-order valence-electron chi connectivity index (χ2n) is 5.05. The molecule has 4 nitrogen and oxygen atoms in total. The molecule has 1 aromatic heterocycles. The maximum atomic E-state index is 11.4. The second-order valence-corrected chi connectivity index (χ2v) is 5.91. The lowest BCUT2D eigenvalue weighted by Gasteiger charge is -2.15. The Labute approximate surface area is 118 Å². The maximum Gasteiger partial charge on any atom is 0.311 e. The van der Waals surface area contributed by atoms with Crippen LogP contribution in [0.25, 0.3) is 0 Å². The lowest BCUT2D eigenvalue weighted by atomic mass is 10.1. The van der Waals surface area contributed by atoms with Crippen molar-refractivity contribution < 1.29 is 9.53 Å². The summed E-state index contributed by atoms with van der Waals surface area (Å²) in [6, 6.07) is 0.508. The third-order valence-electron chi connectivity index (χ3n) is 3.32. The monoisotopic (exact) mass is 282 g/mol. The molecular weight excluding hydrogens is 260 g/mol. The fourth-order valence-electron chi connectivity index (χ4n) is 2.07. The number of anilines is 1. The normalized spacial score (nSPS) is 16.1. The molecule has 0 saturated heterocycles. The van der Waals surface area contributed by atoms with Crippen LogP contribution in [-0.2, 0) is 16.0 Å². The van der Waals surface area contributed by atoms with Gasteiger partial charge in [-0.05, 0) is 25.7 Å². The first-order valence-electron chi connectivity index (χ1n) is 7.07. The number of nitrogens with one attached hydrogen (secondary N) is 1. The fourth-order valence-corrected chi connectivity index (χ4v) is 2.86. The molecule has 1 atom stereocenters. The van der Waals surface area contributed by atoms with Crippen LogP contribution >= 0.6 is 11.3 Å². The van der Waals surface area contributed by atoms with E-state index in [2.05, 4.69) is 17.2 Å². The van der Waals surface area contributed by atoms with Crippen LogP contribution < -0.4 is 5.32 Å². The Bertz CT molecular complexity index is 415. The van der Waals surface area contributed by atoms with E-state index in [-0.39, 0.29) is 12.4 Å². The molecule has 0 amide bonds. The first kappa shape index (κ1) is 14.3. The summed E-state index contributed by atoms with van der Waals surface area (Å²) in [5, 5.41) is 6.34. The summed E-state index contributed by atoms with van der Waals surface area (Å²) in [5.74, 6) is 0.709. The van der Waals surface area contributed by atoms with Gasteiger partial charge >= 0.3 is 5.97 Å². The van der Waals surface area contributed by atoms with E-state index in [9.17, 15) is 4.79 Å². The molecule has 0 spiro atoms. The number of thiazole rings is 1. The molecule has 0 aromatic carbocycles. The van der Waals surface area contributed by atoms with E-state index in [0.29, 0.717) is 12.6 Å². The zero-order valence-corrected chi connectivity index (χ0v) is 12.5. The van der Waals surface area contributed by atoms with Crippen molar-refractivity contribution in [2.24, 2.45) is 5.92 Å². The topological polar surface area (TPSA) is 51.2 Å². The van der Waals surface area contributed by atoms with Gasteiger partial charge in [0, 0.05) is 11.4 Å². The van der Waals surface area contributed by atoms with Gasteiger partial charge < -0.3 is 10.1 Å². The van der Waals surface area contributed by atoms with Crippen LogP contribution in [0.1, 0.15) is 45.2 Å². The van der Waals surface area contributed by atoms with Gasteiger partial charge in [-0.1, -0.05) is 19.8 Å². The van der Waals surface area contributed by atoms with E-state index in [1.54, 1.807) is 11.3 Å². The number of aromatic nitrogens is 1. The van der Waals surface area contributed by atoms with Crippen LogP contribution in [0.2, 0.25) is 0 Å². The molecular formula is C14H22N2O2S. The summed E-state index contributed by atoms with van der Waals surface area (Å²) in [4.78, 5) is 15.8. The lowest BCUT2D eigenvalue weighted by Crippen LogP contribution is -2.19. The van der Waals surface area contributed by atoms with Crippen LogP contribution in [0.5, 0.6) is 0 Å². The number of esters is 1. The predicted octanol–water partition coefficient (Wildman–Crippen LogP) is 3.24. The molecule has 106 valence electrons. The number of carbonyl (C=O) groups excluding carboxylic acids is 1. The molecule has 1 N–H and O–H groups in total. The molecule has 0 bridgehead atoms. The van der Waals surface area contributed by atoms with Gasteiger partial charge in [0.15, 0.2) is 5.13 Å². The summed E-state index contributed by atoms with van der Waals surface area (Å²) in [6.07, 6.45) is 5.38. The van der Waals surface area contributed by atoms with Gasteiger partial charge in [-0.15, -0.1) is 11.3 Å². The Morgan fingerprint density at radius 2 is 2.37 bits per heavy atom. The van der Waals surface area contributed by atoms with Gasteiger partial charge in [-0.25, -0.2) is 4.98 Å². The van der Waals surface area contributed by atoms with E-state index in [1.807, 2.05) is 12.3 Å². The summed E-state index contributed by atoms with van der Waals surface area (Å²) < 4.78 is 4.92. The standard InChI is InChI=1S/C14H22N2O2S/c1-3-11(7-10-5-6-10)15-14-16-12(9-19-14)8-13(17)18-4-2/h9-11H,3-8H2,1-2H3,(H,15,16). The highest BCUT2D eigenvalue weighted by Gasteiger charge is 2.25. The van der Waals surface area contributed by atoms with Gasteiger partial charge in [0.05, 0.1) is 18.7 Å². The summed E-state index contributed by atoms with van der Waals surface area (Å²) in [6.45, 7) is 4.44. The van der Waals surface area contributed by atoms with Crippen LogP contribution in [0, 0.1) is 5.92 Å². The number of carbonyl (C=O) groups is 1. The number of hydrogen-bond donors (Lipinski definition) is 1. The highest BCUT2D eigenvalue weighted by Crippen LogP contribution is 2.35. The third kappa shape index (κ3) is 4.82. The van der Waals surface area contributed by atoms with E-state index in [0.717, 1.165) is 23.2 Å². The third-order valence-corrected chi connectivity index (χ3v) is 4.14. The molecule has 1 saturated carbocycles. The van der Waals surface area contributed by atoms with Crippen molar-refractivity contribution in [2.75, 3.05) is 11.9 Å². The Hall–Kier alpha value is -1.10. The average molecular weight is 282 g/mol. The number of nitrogens with zero attached hydrogens (tertiary/aromatic N) is 1. The van der Waals surface area contributed by atoms with Crippen molar-refractivity contribution in [3.8, 4) is 0 Å². The van der Waals surface area contributed by atoms with Crippen molar-refractivity contribution in [1.82, 2.24) is 4.98 Å². The predicted molar refractivity (Wildman–Crippen MR) is 77.5 cm³/mol. The first-order valence-corrected chi connectivity index (χ1v) is 7.95. The highest BCUT2D eigenvalue weighted by molar-refractivity contribution is 7.13. The number of rotatable bonds is 8. The zero-order chi connectivity index (χ0) is 13.7. The van der Waals surface area contributed by atoms with Crippen molar-refractivity contribution in [2.45, 2.75) is 52.0 Å². The van der Waals surface area contributed by atoms with Crippen LogP contribution in [0.15, 0.2) is 5.38 Å². The highest BCUT2D eigenvalue weighted by atomic mass is 32.1. The van der Waals surface area contributed by atoms with Gasteiger partial charge in [-0.3, -0.25) is 4.79 Å². The Balaban J connectivity index is 1.83. The molecule has 1 fully saturated rings. The molecule has 1 unspecified atom stereocenters. The smallest absolute Gasteiger partial charge is 0.311 e. The number of ether oxygens (including phenoxy) is 1. The molecule has 1 aliphatic carbocycles. The van der Waals surface area contributed by atoms with E-state index in [1.165, 1.54) is 19.3 Å². The second kappa shape index (κ2) is 6.89. The molecule has 2 rings (SSSR count). The molecule has 1 heterocycles. The molecule has 1 aliphatic rings. The Morgan fingerprint density at radius 3 is 3.00 bits per heavy atom. The van der Waals surface area contributed by atoms with Crippen molar-refractivity contribution >= 4 is 22.4 Å². The fraction of sp³-hybridized carbons (Fsp3) is 0.714. The molecule has 0 radical (unpaired) electrons. The SMILES string of the molecule is CCOC(=O)Cc1csc(NC(CC)CC2CC2)n1. The van der Waals surface area contributed by atoms with Crippen molar-refractivity contribution in [1.29, 1.82) is 0 Å². The van der Waals surface area contributed by atoms with Gasteiger partial charge in [0.1, 0.15) is 0 Å². The zero-order valence-electron chi connectivity index (χ0n) is 11.6. The van der Waals surface area contributed by atoms with Gasteiger partial charge in [0.25, 0.3) is 0 Å². The Morgan fingerprint density at radius 1 is 1.58 bits per heavy atom. The van der Waals surface area contributed by atoms with Gasteiger partial charge in [-0.2, -0.15) is 0 Å². The van der Waals surface area contributed by atoms with Crippen molar-refractivity contribution in [3.05, 3.63) is 11.1 Å². The average Bonchev–Trinajstić information content (AvgIpc) is 3.09. The minimum Gasteiger partial charge on any atom is -0.466 e.